The number of sulfone groups is 1. The van der Waals surface area contributed by atoms with Crippen molar-refractivity contribution in [1.29, 1.82) is 0 Å². The van der Waals surface area contributed by atoms with E-state index in [2.05, 4.69) is 15.6 Å². The monoisotopic (exact) mass is 390 g/mol. The van der Waals surface area contributed by atoms with Gasteiger partial charge < -0.3 is 5.32 Å². The quantitative estimate of drug-likeness (QED) is 0.722. The van der Waals surface area contributed by atoms with Gasteiger partial charge in [-0.3, -0.25) is 4.79 Å². The van der Waals surface area contributed by atoms with Gasteiger partial charge in [0.2, 0.25) is 0 Å². The van der Waals surface area contributed by atoms with Gasteiger partial charge in [-0.25, -0.2) is 13.1 Å². The Kier molecular flexibility index (Phi) is 5.06. The zero-order valence-corrected chi connectivity index (χ0v) is 15.3. The largest absolute Gasteiger partial charge is 0.319 e. The lowest BCUT2D eigenvalue weighted by atomic mass is 10.2. The number of benzene rings is 2. The Morgan fingerprint density at radius 2 is 1.92 bits per heavy atom. The molecule has 0 atom stereocenters. The van der Waals surface area contributed by atoms with Crippen LogP contribution in [0.2, 0.25) is 5.02 Å². The topological polar surface area (TPSA) is 94.0 Å². The fourth-order valence-electron chi connectivity index (χ4n) is 2.27. The molecule has 9 heteroatoms. The van der Waals surface area contributed by atoms with Crippen LogP contribution in [0.15, 0.2) is 59.6 Å². The molecule has 7 nitrogen and oxygen atoms in total. The highest BCUT2D eigenvalue weighted by Crippen LogP contribution is 2.25. The molecule has 1 amide bonds. The molecule has 0 bridgehead atoms. The Bertz CT molecular complexity index is 1050. The molecule has 0 aliphatic rings. The molecule has 1 aromatic heterocycles. The second kappa shape index (κ2) is 7.27. The number of hydrogen-bond acceptors (Lipinski definition) is 5. The lowest BCUT2D eigenvalue weighted by molar-refractivity contribution is 0.102. The van der Waals surface area contributed by atoms with E-state index in [1.54, 1.807) is 4.68 Å². The Morgan fingerprint density at radius 1 is 1.19 bits per heavy atom. The van der Waals surface area contributed by atoms with Crippen molar-refractivity contribution in [3.63, 3.8) is 0 Å². The summed E-state index contributed by atoms with van der Waals surface area (Å²) in [7, 11) is -3.42. The normalized spacial score (nSPS) is 11.3. The van der Waals surface area contributed by atoms with Crippen molar-refractivity contribution in [2.75, 3.05) is 11.6 Å². The number of anilines is 1. The summed E-state index contributed by atoms with van der Waals surface area (Å²) in [6, 6.07) is 13.7. The number of aromatic nitrogens is 3. The highest BCUT2D eigenvalue weighted by atomic mass is 35.5. The molecule has 0 saturated carbocycles. The number of nitrogens with zero attached hydrogens (tertiary/aromatic N) is 3. The minimum absolute atomic E-state index is 0.0601. The van der Waals surface area contributed by atoms with E-state index in [1.165, 1.54) is 24.4 Å². The van der Waals surface area contributed by atoms with Gasteiger partial charge in [0.25, 0.3) is 5.91 Å². The van der Waals surface area contributed by atoms with Gasteiger partial charge in [-0.05, 0) is 23.8 Å². The maximum atomic E-state index is 12.4. The first-order valence-electron chi connectivity index (χ1n) is 7.58. The predicted molar refractivity (Wildman–Crippen MR) is 98.1 cm³/mol. The first-order chi connectivity index (χ1) is 12.3. The Labute approximate surface area is 155 Å². The second-order valence-corrected chi connectivity index (χ2v) is 8.08. The van der Waals surface area contributed by atoms with Gasteiger partial charge in [-0.2, -0.15) is 0 Å². The Morgan fingerprint density at radius 3 is 2.62 bits per heavy atom. The molecule has 26 heavy (non-hydrogen) atoms. The molecule has 0 spiro atoms. The van der Waals surface area contributed by atoms with Crippen LogP contribution in [0.4, 0.5) is 5.69 Å². The third-order valence-electron chi connectivity index (χ3n) is 3.57. The average molecular weight is 391 g/mol. The summed E-state index contributed by atoms with van der Waals surface area (Å²) in [5.74, 6) is -0.531. The van der Waals surface area contributed by atoms with Crippen LogP contribution in [0.1, 0.15) is 16.1 Å². The van der Waals surface area contributed by atoms with E-state index in [1.807, 2.05) is 30.3 Å². The molecule has 134 valence electrons. The minimum atomic E-state index is -3.42. The Balaban J connectivity index is 1.77. The smallest absolute Gasteiger partial charge is 0.277 e. The molecule has 0 fully saturated rings. The van der Waals surface area contributed by atoms with E-state index < -0.39 is 15.7 Å². The molecule has 1 heterocycles. The van der Waals surface area contributed by atoms with Gasteiger partial charge in [0.05, 0.1) is 28.3 Å². The van der Waals surface area contributed by atoms with E-state index in [0.717, 1.165) is 11.8 Å². The highest BCUT2D eigenvalue weighted by molar-refractivity contribution is 7.90. The first-order valence-corrected chi connectivity index (χ1v) is 9.85. The molecular formula is C17H15ClN4O3S. The number of nitrogens with one attached hydrogen (secondary N) is 1. The summed E-state index contributed by atoms with van der Waals surface area (Å²) in [5, 5.41) is 10.6. The van der Waals surface area contributed by atoms with Crippen LogP contribution in [0.3, 0.4) is 0 Å². The first kappa shape index (κ1) is 18.1. The summed E-state index contributed by atoms with van der Waals surface area (Å²) in [5.41, 5.74) is 1.31. The zero-order valence-electron chi connectivity index (χ0n) is 13.8. The van der Waals surface area contributed by atoms with Crippen molar-refractivity contribution in [2.24, 2.45) is 0 Å². The van der Waals surface area contributed by atoms with E-state index >= 15 is 0 Å². The second-order valence-electron chi connectivity index (χ2n) is 5.65. The maximum absolute atomic E-state index is 12.4. The summed E-state index contributed by atoms with van der Waals surface area (Å²) in [4.78, 5) is 12.4. The van der Waals surface area contributed by atoms with Crippen molar-refractivity contribution in [3.05, 3.63) is 71.0 Å². The lowest BCUT2D eigenvalue weighted by Crippen LogP contribution is -2.13. The number of carbonyl (C=O) groups is 1. The molecule has 0 aliphatic carbocycles. The van der Waals surface area contributed by atoms with Crippen LogP contribution < -0.4 is 5.32 Å². The molecule has 0 aliphatic heterocycles. The third-order valence-corrected chi connectivity index (χ3v) is 5.01. The van der Waals surface area contributed by atoms with Crippen molar-refractivity contribution >= 4 is 33.0 Å². The lowest BCUT2D eigenvalue weighted by Gasteiger charge is -2.07. The number of halogens is 1. The van der Waals surface area contributed by atoms with Gasteiger partial charge in [-0.15, -0.1) is 5.10 Å². The van der Waals surface area contributed by atoms with Gasteiger partial charge in [0, 0.05) is 6.26 Å². The molecule has 3 aromatic rings. The number of amides is 1. The fourth-order valence-corrected chi connectivity index (χ4v) is 3.08. The molecule has 2 aromatic carbocycles. The molecule has 0 radical (unpaired) electrons. The number of hydrogen-bond donors (Lipinski definition) is 1. The molecule has 1 N–H and O–H groups in total. The minimum Gasteiger partial charge on any atom is -0.319 e. The van der Waals surface area contributed by atoms with Crippen LogP contribution in [-0.2, 0) is 16.4 Å². The molecule has 0 saturated heterocycles. The average Bonchev–Trinajstić information content (AvgIpc) is 3.05. The van der Waals surface area contributed by atoms with E-state index in [0.29, 0.717) is 6.54 Å². The Hall–Kier alpha value is -2.71. The van der Waals surface area contributed by atoms with Crippen molar-refractivity contribution in [2.45, 2.75) is 11.4 Å². The van der Waals surface area contributed by atoms with Gasteiger partial charge in [-0.1, -0.05) is 47.1 Å². The fraction of sp³-hybridized carbons (Fsp3) is 0.118. The number of carbonyl (C=O) groups excluding carboxylic acids is 1. The summed E-state index contributed by atoms with van der Waals surface area (Å²) >= 11 is 6.04. The van der Waals surface area contributed by atoms with Crippen LogP contribution in [0.5, 0.6) is 0 Å². The summed E-state index contributed by atoms with van der Waals surface area (Å²) in [6.45, 7) is 0.478. The van der Waals surface area contributed by atoms with Crippen molar-refractivity contribution in [3.8, 4) is 0 Å². The SMILES string of the molecule is CS(=O)(=O)c1ccc(Cl)c(NC(=O)c2cn(Cc3ccccc3)nn2)c1. The summed E-state index contributed by atoms with van der Waals surface area (Å²) < 4.78 is 24.8. The third kappa shape index (κ3) is 4.27. The number of rotatable bonds is 5. The van der Waals surface area contributed by atoms with Crippen molar-refractivity contribution in [1.82, 2.24) is 15.0 Å². The van der Waals surface area contributed by atoms with Crippen molar-refractivity contribution < 1.29 is 13.2 Å². The van der Waals surface area contributed by atoms with E-state index in [-0.39, 0.29) is 21.3 Å². The molecular weight excluding hydrogens is 376 g/mol. The highest BCUT2D eigenvalue weighted by Gasteiger charge is 2.15. The summed E-state index contributed by atoms with van der Waals surface area (Å²) in [6.07, 6.45) is 2.59. The van der Waals surface area contributed by atoms with Gasteiger partial charge >= 0.3 is 0 Å². The van der Waals surface area contributed by atoms with Crippen LogP contribution in [0, 0.1) is 0 Å². The van der Waals surface area contributed by atoms with E-state index in [4.69, 9.17) is 11.6 Å². The van der Waals surface area contributed by atoms with E-state index in [9.17, 15) is 13.2 Å². The molecule has 3 rings (SSSR count). The van der Waals surface area contributed by atoms with Crippen LogP contribution >= 0.6 is 11.6 Å². The molecule has 0 unspecified atom stereocenters. The standard InChI is InChI=1S/C17H15ClN4O3S/c1-26(24,25)13-7-8-14(18)15(9-13)19-17(23)16-11-22(21-20-16)10-12-5-3-2-4-6-12/h2-9,11H,10H2,1H3,(H,19,23). The van der Waals surface area contributed by atoms with Gasteiger partial charge in [0.1, 0.15) is 0 Å². The predicted octanol–water partition coefficient (Wildman–Crippen LogP) is 2.64. The maximum Gasteiger partial charge on any atom is 0.277 e. The van der Waals surface area contributed by atoms with Crippen LogP contribution in [-0.4, -0.2) is 35.6 Å². The van der Waals surface area contributed by atoms with Gasteiger partial charge in [0.15, 0.2) is 15.5 Å². The zero-order chi connectivity index (χ0) is 18.7. The van der Waals surface area contributed by atoms with Crippen LogP contribution in [0.25, 0.3) is 0 Å².